The SMILES string of the molecule is CCCCCCCCCCCC(=O)NC1CCCC1CBr. The first kappa shape index (κ1) is 19.0. The summed E-state index contributed by atoms with van der Waals surface area (Å²) < 4.78 is 0. The third-order valence-electron chi connectivity index (χ3n) is 4.71. The third-order valence-corrected chi connectivity index (χ3v) is 5.54. The Kier molecular flexibility index (Phi) is 11.3. The van der Waals surface area contributed by atoms with Crippen LogP contribution in [-0.2, 0) is 4.79 Å². The zero-order valence-corrected chi connectivity index (χ0v) is 15.4. The largest absolute Gasteiger partial charge is 0.353 e. The number of alkyl halides is 1. The van der Waals surface area contributed by atoms with E-state index in [1.807, 2.05) is 0 Å². The van der Waals surface area contributed by atoms with Gasteiger partial charge in [-0.15, -0.1) is 0 Å². The molecule has 1 N–H and O–H groups in total. The Labute approximate surface area is 140 Å². The summed E-state index contributed by atoms with van der Waals surface area (Å²) in [5.74, 6) is 0.924. The second kappa shape index (κ2) is 12.5. The fourth-order valence-electron chi connectivity index (χ4n) is 3.29. The van der Waals surface area contributed by atoms with Crippen LogP contribution in [0.25, 0.3) is 0 Å². The molecule has 1 rings (SSSR count). The standard InChI is InChI=1S/C18H34BrNO/c1-2-3-4-5-6-7-8-9-10-14-18(21)20-17-13-11-12-16(17)15-19/h16-17H,2-15H2,1H3,(H,20,21). The van der Waals surface area contributed by atoms with Crippen LogP contribution in [0.1, 0.15) is 90.4 Å². The maximum absolute atomic E-state index is 11.9. The van der Waals surface area contributed by atoms with Crippen LogP contribution < -0.4 is 5.32 Å². The highest BCUT2D eigenvalue weighted by atomic mass is 79.9. The Morgan fingerprint density at radius 3 is 2.24 bits per heavy atom. The molecule has 21 heavy (non-hydrogen) atoms. The number of halogens is 1. The van der Waals surface area contributed by atoms with E-state index in [0.29, 0.717) is 12.0 Å². The highest BCUT2D eigenvalue weighted by Gasteiger charge is 2.27. The van der Waals surface area contributed by atoms with Crippen molar-refractivity contribution < 1.29 is 4.79 Å². The van der Waals surface area contributed by atoms with Crippen molar-refractivity contribution in [2.75, 3.05) is 5.33 Å². The topological polar surface area (TPSA) is 29.1 Å². The Balaban J connectivity index is 1.91. The van der Waals surface area contributed by atoms with Gasteiger partial charge in [-0.2, -0.15) is 0 Å². The fourth-order valence-corrected chi connectivity index (χ4v) is 4.06. The number of nitrogens with one attached hydrogen (secondary N) is 1. The molecule has 0 heterocycles. The smallest absolute Gasteiger partial charge is 0.220 e. The van der Waals surface area contributed by atoms with Gasteiger partial charge in [-0.1, -0.05) is 80.6 Å². The Bertz CT molecular complexity index is 270. The molecule has 0 aromatic rings. The molecule has 0 saturated heterocycles. The van der Waals surface area contributed by atoms with E-state index < -0.39 is 0 Å². The van der Waals surface area contributed by atoms with E-state index in [1.165, 1.54) is 70.6 Å². The number of unbranched alkanes of at least 4 members (excludes halogenated alkanes) is 8. The molecule has 2 nitrogen and oxygen atoms in total. The molecule has 1 aliphatic carbocycles. The van der Waals surface area contributed by atoms with E-state index in [-0.39, 0.29) is 5.91 Å². The van der Waals surface area contributed by atoms with Crippen LogP contribution in [0.3, 0.4) is 0 Å². The van der Waals surface area contributed by atoms with Crippen molar-refractivity contribution >= 4 is 21.8 Å². The molecule has 124 valence electrons. The number of rotatable bonds is 12. The summed E-state index contributed by atoms with van der Waals surface area (Å²) in [5, 5.41) is 4.26. The second-order valence-corrected chi connectivity index (χ2v) is 7.25. The third kappa shape index (κ3) is 8.85. The van der Waals surface area contributed by atoms with Crippen molar-refractivity contribution in [3.05, 3.63) is 0 Å². The van der Waals surface area contributed by atoms with Crippen LogP contribution >= 0.6 is 15.9 Å². The van der Waals surface area contributed by atoms with Crippen LogP contribution in [0.15, 0.2) is 0 Å². The lowest BCUT2D eigenvalue weighted by Crippen LogP contribution is -2.37. The number of carbonyl (C=O) groups is 1. The van der Waals surface area contributed by atoms with E-state index in [4.69, 9.17) is 0 Å². The molecular weight excluding hydrogens is 326 g/mol. The molecule has 2 unspecified atom stereocenters. The highest BCUT2D eigenvalue weighted by molar-refractivity contribution is 9.09. The van der Waals surface area contributed by atoms with Crippen LogP contribution in [0.5, 0.6) is 0 Å². The molecule has 0 aromatic heterocycles. The van der Waals surface area contributed by atoms with E-state index >= 15 is 0 Å². The molecule has 0 spiro atoms. The first-order valence-corrected chi connectivity index (χ1v) is 10.3. The summed E-state index contributed by atoms with van der Waals surface area (Å²) >= 11 is 3.56. The van der Waals surface area contributed by atoms with E-state index in [0.717, 1.165) is 18.2 Å². The van der Waals surface area contributed by atoms with Crippen molar-refractivity contribution in [2.24, 2.45) is 5.92 Å². The first-order chi connectivity index (χ1) is 10.3. The average molecular weight is 360 g/mol. The summed E-state index contributed by atoms with van der Waals surface area (Å²) in [6.45, 7) is 2.26. The summed E-state index contributed by atoms with van der Waals surface area (Å²) in [5.41, 5.74) is 0. The Morgan fingerprint density at radius 1 is 1.00 bits per heavy atom. The molecular formula is C18H34BrNO. The van der Waals surface area contributed by atoms with Gasteiger partial charge in [-0.25, -0.2) is 0 Å². The van der Waals surface area contributed by atoms with Gasteiger partial charge in [0.25, 0.3) is 0 Å². The number of carbonyl (C=O) groups excluding carboxylic acids is 1. The maximum Gasteiger partial charge on any atom is 0.220 e. The first-order valence-electron chi connectivity index (χ1n) is 9.13. The van der Waals surface area contributed by atoms with Gasteiger partial charge in [-0.05, 0) is 25.2 Å². The lowest BCUT2D eigenvalue weighted by Gasteiger charge is -2.18. The van der Waals surface area contributed by atoms with Gasteiger partial charge in [0.05, 0.1) is 0 Å². The zero-order chi connectivity index (χ0) is 15.3. The minimum Gasteiger partial charge on any atom is -0.353 e. The monoisotopic (exact) mass is 359 g/mol. The quantitative estimate of drug-likeness (QED) is 0.357. The van der Waals surface area contributed by atoms with Gasteiger partial charge in [0.15, 0.2) is 0 Å². The summed E-state index contributed by atoms with van der Waals surface area (Å²) in [7, 11) is 0. The van der Waals surface area contributed by atoms with Crippen LogP contribution in [0, 0.1) is 5.92 Å². The van der Waals surface area contributed by atoms with Crippen molar-refractivity contribution in [1.82, 2.24) is 5.32 Å². The minimum atomic E-state index is 0.274. The van der Waals surface area contributed by atoms with Gasteiger partial charge >= 0.3 is 0 Å². The van der Waals surface area contributed by atoms with E-state index in [9.17, 15) is 4.79 Å². The molecule has 0 radical (unpaired) electrons. The fraction of sp³-hybridized carbons (Fsp3) is 0.944. The van der Waals surface area contributed by atoms with Gasteiger partial charge in [0.1, 0.15) is 0 Å². The number of amides is 1. The molecule has 1 aliphatic rings. The lowest BCUT2D eigenvalue weighted by atomic mass is 10.0. The Morgan fingerprint density at radius 2 is 1.62 bits per heavy atom. The maximum atomic E-state index is 11.9. The molecule has 2 atom stereocenters. The summed E-state index contributed by atoms with van der Waals surface area (Å²) in [6, 6.07) is 0.426. The zero-order valence-electron chi connectivity index (χ0n) is 13.8. The van der Waals surface area contributed by atoms with Crippen molar-refractivity contribution in [1.29, 1.82) is 0 Å². The normalized spacial score (nSPS) is 21.6. The molecule has 0 aromatic carbocycles. The number of hydrogen-bond acceptors (Lipinski definition) is 1. The van der Waals surface area contributed by atoms with Crippen molar-refractivity contribution in [3.63, 3.8) is 0 Å². The van der Waals surface area contributed by atoms with Crippen LogP contribution in [0.4, 0.5) is 0 Å². The van der Waals surface area contributed by atoms with Crippen molar-refractivity contribution in [2.45, 2.75) is 96.4 Å². The number of hydrogen-bond donors (Lipinski definition) is 1. The van der Waals surface area contributed by atoms with Crippen LogP contribution in [-0.4, -0.2) is 17.3 Å². The van der Waals surface area contributed by atoms with Gasteiger partial charge in [-0.3, -0.25) is 4.79 Å². The summed E-state index contributed by atoms with van der Waals surface area (Å²) in [4.78, 5) is 11.9. The average Bonchev–Trinajstić information content (AvgIpc) is 2.92. The predicted molar refractivity (Wildman–Crippen MR) is 94.9 cm³/mol. The molecule has 3 heteroatoms. The molecule has 0 bridgehead atoms. The minimum absolute atomic E-state index is 0.274. The van der Waals surface area contributed by atoms with E-state index in [2.05, 4.69) is 28.2 Å². The van der Waals surface area contributed by atoms with Crippen molar-refractivity contribution in [3.8, 4) is 0 Å². The molecule has 1 saturated carbocycles. The second-order valence-electron chi connectivity index (χ2n) is 6.60. The summed E-state index contributed by atoms with van der Waals surface area (Å²) in [6.07, 6.45) is 16.2. The van der Waals surface area contributed by atoms with Gasteiger partial charge in [0, 0.05) is 17.8 Å². The molecule has 1 fully saturated rings. The van der Waals surface area contributed by atoms with Gasteiger partial charge < -0.3 is 5.32 Å². The molecule has 1 amide bonds. The molecule has 0 aliphatic heterocycles. The Hall–Kier alpha value is -0.0500. The predicted octanol–water partition coefficient (Wildman–Crippen LogP) is 5.59. The highest BCUT2D eigenvalue weighted by Crippen LogP contribution is 2.27. The lowest BCUT2D eigenvalue weighted by molar-refractivity contribution is -0.122. The van der Waals surface area contributed by atoms with E-state index in [1.54, 1.807) is 0 Å². The van der Waals surface area contributed by atoms with Crippen LogP contribution in [0.2, 0.25) is 0 Å². The van der Waals surface area contributed by atoms with Gasteiger partial charge in [0.2, 0.25) is 5.91 Å².